The van der Waals surface area contributed by atoms with E-state index < -0.39 is 11.7 Å². The molecular formula is C23H22N6O2. The summed E-state index contributed by atoms with van der Waals surface area (Å²) in [5.41, 5.74) is 3.14. The average Bonchev–Trinajstić information content (AvgIpc) is 3.50. The van der Waals surface area contributed by atoms with Crippen molar-refractivity contribution < 1.29 is 9.59 Å². The largest absolute Gasteiger partial charge is 0.326 e. The zero-order valence-electron chi connectivity index (χ0n) is 17.4. The Hall–Kier alpha value is -3.81. The lowest BCUT2D eigenvalue weighted by molar-refractivity contribution is -0.127. The highest BCUT2D eigenvalue weighted by atomic mass is 16.2. The molecule has 1 amide bonds. The van der Waals surface area contributed by atoms with Crippen LogP contribution in [0.4, 0.5) is 0 Å². The van der Waals surface area contributed by atoms with Gasteiger partial charge in [0.2, 0.25) is 0 Å². The van der Waals surface area contributed by atoms with Gasteiger partial charge in [0.15, 0.2) is 11.5 Å². The zero-order chi connectivity index (χ0) is 21.5. The molecule has 0 N–H and O–H groups in total. The Labute approximate surface area is 179 Å². The van der Waals surface area contributed by atoms with Crippen LogP contribution in [0.5, 0.6) is 0 Å². The van der Waals surface area contributed by atoms with Crippen molar-refractivity contribution in [2.75, 3.05) is 6.54 Å². The number of pyridine rings is 1. The summed E-state index contributed by atoms with van der Waals surface area (Å²) in [6.45, 7) is 4.10. The molecule has 0 saturated carbocycles. The fraction of sp³-hybridized carbons (Fsp3) is 0.261. The maximum Gasteiger partial charge on any atom is 0.295 e. The molecule has 0 bridgehead atoms. The summed E-state index contributed by atoms with van der Waals surface area (Å²) in [6, 6.07) is 15.0. The number of nitrogens with zero attached hydrogens (tertiary/aromatic N) is 6. The number of carbonyl (C=O) groups excluding carboxylic acids is 2. The molecule has 0 aliphatic carbocycles. The van der Waals surface area contributed by atoms with E-state index in [1.165, 1.54) is 0 Å². The van der Waals surface area contributed by atoms with Gasteiger partial charge < -0.3 is 4.90 Å². The van der Waals surface area contributed by atoms with Crippen LogP contribution >= 0.6 is 0 Å². The Morgan fingerprint density at radius 2 is 1.77 bits per heavy atom. The Bertz CT molecular complexity index is 1290. The Morgan fingerprint density at radius 3 is 2.58 bits per heavy atom. The van der Waals surface area contributed by atoms with Gasteiger partial charge in [-0.05, 0) is 51.0 Å². The quantitative estimate of drug-likeness (QED) is 0.378. The molecule has 1 aliphatic rings. The second-order valence-electron chi connectivity index (χ2n) is 7.77. The van der Waals surface area contributed by atoms with E-state index in [-0.39, 0.29) is 6.04 Å². The molecular weight excluding hydrogens is 392 g/mol. The number of para-hydroxylation sites is 1. The predicted molar refractivity (Wildman–Crippen MR) is 114 cm³/mol. The van der Waals surface area contributed by atoms with Crippen LogP contribution in [0, 0.1) is 13.8 Å². The molecule has 1 aliphatic heterocycles. The monoisotopic (exact) mass is 414 g/mol. The van der Waals surface area contributed by atoms with E-state index in [0.29, 0.717) is 29.3 Å². The maximum atomic E-state index is 13.3. The maximum absolute atomic E-state index is 13.3. The highest BCUT2D eigenvalue weighted by molar-refractivity contribution is 6.43. The van der Waals surface area contributed by atoms with Gasteiger partial charge in [-0.15, -0.1) is 10.2 Å². The lowest BCUT2D eigenvalue weighted by Gasteiger charge is -2.22. The summed E-state index contributed by atoms with van der Waals surface area (Å²) in [5.74, 6) is -0.366. The van der Waals surface area contributed by atoms with Gasteiger partial charge in [-0.1, -0.05) is 24.3 Å². The Morgan fingerprint density at radius 1 is 1.00 bits per heavy atom. The number of hydrogen-bond donors (Lipinski definition) is 0. The van der Waals surface area contributed by atoms with Gasteiger partial charge in [0, 0.05) is 12.7 Å². The van der Waals surface area contributed by atoms with Crippen LogP contribution in [0.3, 0.4) is 0 Å². The Kier molecular flexibility index (Phi) is 4.62. The topological polar surface area (TPSA) is 85.4 Å². The summed E-state index contributed by atoms with van der Waals surface area (Å²) < 4.78 is 3.59. The van der Waals surface area contributed by atoms with Crippen LogP contribution in [0.25, 0.3) is 11.3 Å². The molecule has 4 aromatic rings. The second-order valence-corrected chi connectivity index (χ2v) is 7.77. The van der Waals surface area contributed by atoms with Crippen molar-refractivity contribution in [3.63, 3.8) is 0 Å². The van der Waals surface area contributed by atoms with Crippen LogP contribution in [-0.4, -0.2) is 47.5 Å². The van der Waals surface area contributed by atoms with E-state index in [1.54, 1.807) is 16.5 Å². The van der Waals surface area contributed by atoms with E-state index in [2.05, 4.69) is 15.3 Å². The van der Waals surface area contributed by atoms with Crippen molar-refractivity contribution in [1.29, 1.82) is 0 Å². The number of fused-ring (bicyclic) bond motifs is 1. The lowest BCUT2D eigenvalue weighted by atomic mass is 10.1. The third-order valence-corrected chi connectivity index (χ3v) is 5.87. The molecule has 1 aromatic carbocycles. The van der Waals surface area contributed by atoms with Crippen molar-refractivity contribution in [2.45, 2.75) is 32.7 Å². The van der Waals surface area contributed by atoms with Crippen molar-refractivity contribution >= 4 is 17.3 Å². The molecule has 0 radical (unpaired) electrons. The third-order valence-electron chi connectivity index (χ3n) is 5.87. The molecule has 1 saturated heterocycles. The summed E-state index contributed by atoms with van der Waals surface area (Å²) in [4.78, 5) is 28.3. The van der Waals surface area contributed by atoms with E-state index in [1.807, 2.05) is 66.1 Å². The molecule has 3 aromatic heterocycles. The van der Waals surface area contributed by atoms with Crippen molar-refractivity contribution in [2.24, 2.45) is 0 Å². The molecule has 156 valence electrons. The van der Waals surface area contributed by atoms with Gasteiger partial charge in [0.25, 0.3) is 11.7 Å². The second kappa shape index (κ2) is 7.46. The van der Waals surface area contributed by atoms with E-state index >= 15 is 0 Å². The zero-order valence-corrected chi connectivity index (χ0v) is 17.4. The van der Waals surface area contributed by atoms with Crippen molar-refractivity contribution in [1.82, 2.24) is 29.3 Å². The van der Waals surface area contributed by atoms with Gasteiger partial charge in [-0.2, -0.15) is 5.10 Å². The number of aryl methyl sites for hydroxylation is 1. The SMILES string of the molecule is Cc1nn(-c2ccccc2)c(C)c1C(=O)C(=O)N1CCCC1c1nnc2ccccn12. The standard InChI is InChI=1S/C23H22N6O2/c1-15-20(16(2)29(26-15)17-9-4-3-5-10-17)21(30)23(31)27-14-8-11-18(27)22-25-24-19-12-6-7-13-28(19)22/h3-7,9-10,12-13,18H,8,11,14H2,1-2H3. The number of likely N-dealkylation sites (tertiary alicyclic amines) is 1. The fourth-order valence-corrected chi connectivity index (χ4v) is 4.39. The first-order valence-corrected chi connectivity index (χ1v) is 10.3. The summed E-state index contributed by atoms with van der Waals surface area (Å²) in [6.07, 6.45) is 3.44. The van der Waals surface area contributed by atoms with Crippen LogP contribution in [0.15, 0.2) is 54.7 Å². The van der Waals surface area contributed by atoms with Gasteiger partial charge in [-0.25, -0.2) is 4.68 Å². The molecule has 1 unspecified atom stereocenters. The highest BCUT2D eigenvalue weighted by Crippen LogP contribution is 2.32. The summed E-state index contributed by atoms with van der Waals surface area (Å²) in [5, 5.41) is 13.0. The summed E-state index contributed by atoms with van der Waals surface area (Å²) in [7, 11) is 0. The predicted octanol–water partition coefficient (Wildman–Crippen LogP) is 3.08. The Balaban J connectivity index is 1.48. The van der Waals surface area contributed by atoms with Gasteiger partial charge in [0.1, 0.15) is 0 Å². The minimum absolute atomic E-state index is 0.279. The normalized spacial score (nSPS) is 16.2. The molecule has 8 heteroatoms. The number of ketones is 1. The van der Waals surface area contributed by atoms with E-state index in [9.17, 15) is 9.59 Å². The lowest BCUT2D eigenvalue weighted by Crippen LogP contribution is -2.37. The number of Topliss-reactive ketones (excluding diaryl/α,β-unsaturated/α-hetero) is 1. The van der Waals surface area contributed by atoms with E-state index in [0.717, 1.165) is 24.2 Å². The first kappa shape index (κ1) is 19.2. The number of amides is 1. The number of aromatic nitrogens is 5. The van der Waals surface area contributed by atoms with Crippen LogP contribution < -0.4 is 0 Å². The average molecular weight is 414 g/mol. The number of benzene rings is 1. The molecule has 31 heavy (non-hydrogen) atoms. The third kappa shape index (κ3) is 3.11. The minimum atomic E-state index is -0.530. The number of hydrogen-bond acceptors (Lipinski definition) is 5. The molecule has 1 atom stereocenters. The summed E-state index contributed by atoms with van der Waals surface area (Å²) >= 11 is 0. The van der Waals surface area contributed by atoms with Gasteiger partial charge in [0.05, 0.1) is 28.7 Å². The molecule has 4 heterocycles. The van der Waals surface area contributed by atoms with Crippen molar-refractivity contribution in [3.8, 4) is 5.69 Å². The van der Waals surface area contributed by atoms with Gasteiger partial charge in [-0.3, -0.25) is 14.0 Å². The van der Waals surface area contributed by atoms with E-state index in [4.69, 9.17) is 0 Å². The van der Waals surface area contributed by atoms with Crippen LogP contribution in [0.1, 0.15) is 46.5 Å². The molecule has 8 nitrogen and oxygen atoms in total. The van der Waals surface area contributed by atoms with Gasteiger partial charge >= 0.3 is 0 Å². The molecule has 1 fully saturated rings. The number of rotatable bonds is 4. The minimum Gasteiger partial charge on any atom is -0.326 e. The molecule has 0 spiro atoms. The smallest absolute Gasteiger partial charge is 0.295 e. The van der Waals surface area contributed by atoms with Crippen molar-refractivity contribution in [3.05, 3.63) is 77.5 Å². The van der Waals surface area contributed by atoms with Crippen LogP contribution in [0.2, 0.25) is 0 Å². The van der Waals surface area contributed by atoms with Crippen LogP contribution in [-0.2, 0) is 4.79 Å². The fourth-order valence-electron chi connectivity index (χ4n) is 4.39. The first-order chi connectivity index (χ1) is 15.1. The highest BCUT2D eigenvalue weighted by Gasteiger charge is 2.38. The molecule has 5 rings (SSSR count). The number of carbonyl (C=O) groups is 2. The first-order valence-electron chi connectivity index (χ1n) is 10.3.